The average Bonchev–Trinajstić information content (AvgIpc) is 2.42. The molecule has 1 aliphatic heterocycles. The number of aliphatic hydroxyl groups is 2. The van der Waals surface area contributed by atoms with Gasteiger partial charge in [0.25, 0.3) is 0 Å². The van der Waals surface area contributed by atoms with Gasteiger partial charge in [0, 0.05) is 10.4 Å². The van der Waals surface area contributed by atoms with Gasteiger partial charge in [0.2, 0.25) is 0 Å². The van der Waals surface area contributed by atoms with E-state index in [0.717, 1.165) is 10.1 Å². The summed E-state index contributed by atoms with van der Waals surface area (Å²) >= 11 is 3.39. The molecule has 6 heteroatoms. The van der Waals surface area contributed by atoms with E-state index in [9.17, 15) is 14.6 Å². The Morgan fingerprint density at radius 1 is 1.55 bits per heavy atom. The molecule has 0 aromatic carbocycles. The Morgan fingerprint density at radius 2 is 2.25 bits per heavy atom. The Labute approximate surface area is 126 Å². The maximum absolute atomic E-state index is 14.2. The molecule has 0 saturated carbocycles. The molecule has 2 rings (SSSR count). The van der Waals surface area contributed by atoms with Crippen molar-refractivity contribution in [1.29, 1.82) is 0 Å². The first kappa shape index (κ1) is 16.1. The molecule has 0 bridgehead atoms. The number of aliphatic hydroxyl groups excluding tert-OH is 2. The molecule has 0 aromatic heterocycles. The number of hydrogen-bond donors (Lipinski definition) is 2. The van der Waals surface area contributed by atoms with Crippen molar-refractivity contribution in [1.82, 2.24) is 0 Å². The minimum atomic E-state index is -1.42. The minimum Gasteiger partial charge on any atom is -0.394 e. The molecule has 1 fully saturated rings. The summed E-state index contributed by atoms with van der Waals surface area (Å²) in [4.78, 5) is 0. The van der Waals surface area contributed by atoms with Crippen LogP contribution in [0.3, 0.4) is 0 Å². The number of ether oxygens (including phenoxy) is 2. The van der Waals surface area contributed by atoms with Gasteiger partial charge >= 0.3 is 0 Å². The van der Waals surface area contributed by atoms with Crippen molar-refractivity contribution in [2.75, 3.05) is 6.61 Å². The molecule has 0 amide bonds. The zero-order valence-corrected chi connectivity index (χ0v) is 13.1. The van der Waals surface area contributed by atoms with Crippen LogP contribution in [0.2, 0.25) is 0 Å². The topological polar surface area (TPSA) is 58.9 Å². The standard InChI is InChI=1S/C14H20BrFO4/c1-7-5-9(15)3-4-10(7)19-14-12(16)8(2)13(18)11(6-17)20-14/h3,5,8,10-14,17-18H,4,6H2,1-2H3/t8-,10?,11?,12+,13+,14+/m1/s1. The fourth-order valence-electron chi connectivity index (χ4n) is 2.46. The summed E-state index contributed by atoms with van der Waals surface area (Å²) in [6, 6.07) is 0. The predicted octanol–water partition coefficient (Wildman–Crippen LogP) is 2.05. The van der Waals surface area contributed by atoms with Crippen LogP contribution in [0.25, 0.3) is 0 Å². The van der Waals surface area contributed by atoms with E-state index in [1.54, 1.807) is 6.92 Å². The van der Waals surface area contributed by atoms with E-state index < -0.39 is 30.6 Å². The van der Waals surface area contributed by atoms with Crippen LogP contribution < -0.4 is 0 Å². The van der Waals surface area contributed by atoms with Crippen molar-refractivity contribution >= 4 is 15.9 Å². The van der Waals surface area contributed by atoms with E-state index in [1.807, 2.05) is 19.1 Å². The van der Waals surface area contributed by atoms with Gasteiger partial charge in [-0.1, -0.05) is 28.9 Å². The summed E-state index contributed by atoms with van der Waals surface area (Å²) in [6.07, 6.45) is -0.0536. The SMILES string of the molecule is CC1=CC(Br)=CCC1O[C@H]1OC(CO)[C@@H](O)[C@H](C)[C@@H]1F. The zero-order valence-electron chi connectivity index (χ0n) is 11.5. The largest absolute Gasteiger partial charge is 0.394 e. The molecule has 0 aromatic rings. The number of rotatable bonds is 3. The van der Waals surface area contributed by atoms with Gasteiger partial charge in [-0.15, -0.1) is 0 Å². The van der Waals surface area contributed by atoms with Gasteiger partial charge in [0.1, 0.15) is 6.10 Å². The van der Waals surface area contributed by atoms with Crippen LogP contribution in [0.4, 0.5) is 4.39 Å². The van der Waals surface area contributed by atoms with E-state index in [2.05, 4.69) is 15.9 Å². The van der Waals surface area contributed by atoms with Gasteiger partial charge in [0.15, 0.2) is 12.5 Å². The zero-order chi connectivity index (χ0) is 14.9. The molecule has 1 saturated heterocycles. The lowest BCUT2D eigenvalue weighted by atomic mass is 9.91. The van der Waals surface area contributed by atoms with E-state index in [4.69, 9.17) is 9.47 Å². The molecule has 20 heavy (non-hydrogen) atoms. The molecule has 6 atom stereocenters. The summed E-state index contributed by atoms with van der Waals surface area (Å²) in [7, 11) is 0. The van der Waals surface area contributed by atoms with Crippen molar-refractivity contribution < 1.29 is 24.1 Å². The highest BCUT2D eigenvalue weighted by molar-refractivity contribution is 9.11. The van der Waals surface area contributed by atoms with Crippen molar-refractivity contribution in [2.45, 2.75) is 51.0 Å². The number of alkyl halides is 1. The Bertz CT molecular complexity index is 410. The van der Waals surface area contributed by atoms with E-state index in [-0.39, 0.29) is 12.7 Å². The number of hydrogen-bond acceptors (Lipinski definition) is 4. The summed E-state index contributed by atoms with van der Waals surface area (Å²) in [6.45, 7) is 3.15. The second kappa shape index (κ2) is 6.66. The molecular formula is C14H20BrFO4. The third-order valence-corrected chi connectivity index (χ3v) is 4.42. The Kier molecular flexibility index (Phi) is 5.36. The van der Waals surface area contributed by atoms with Crippen LogP contribution in [0.5, 0.6) is 0 Å². The highest BCUT2D eigenvalue weighted by Gasteiger charge is 2.44. The fraction of sp³-hybridized carbons (Fsp3) is 0.714. The second-order valence-corrected chi connectivity index (χ2v) is 6.27. The van der Waals surface area contributed by atoms with Crippen molar-refractivity contribution in [2.24, 2.45) is 5.92 Å². The Morgan fingerprint density at radius 3 is 2.85 bits per heavy atom. The van der Waals surface area contributed by atoms with Crippen LogP contribution in [-0.4, -0.2) is 47.6 Å². The molecular weight excluding hydrogens is 331 g/mol. The van der Waals surface area contributed by atoms with Crippen LogP contribution in [0.1, 0.15) is 20.3 Å². The van der Waals surface area contributed by atoms with Crippen LogP contribution in [0, 0.1) is 5.92 Å². The Balaban J connectivity index is 2.03. The summed E-state index contributed by atoms with van der Waals surface area (Å²) < 4.78 is 26.3. The van der Waals surface area contributed by atoms with Crippen LogP contribution in [0.15, 0.2) is 22.2 Å². The van der Waals surface area contributed by atoms with Gasteiger partial charge in [0.05, 0.1) is 18.8 Å². The summed E-state index contributed by atoms with van der Waals surface area (Å²) in [5.74, 6) is -0.638. The van der Waals surface area contributed by atoms with Gasteiger partial charge < -0.3 is 19.7 Å². The second-order valence-electron chi connectivity index (χ2n) is 5.36. The third kappa shape index (κ3) is 3.31. The average molecular weight is 351 g/mol. The first-order chi connectivity index (χ1) is 9.43. The molecule has 2 N–H and O–H groups in total. The molecule has 1 heterocycles. The van der Waals surface area contributed by atoms with Gasteiger partial charge in [-0.2, -0.15) is 0 Å². The van der Waals surface area contributed by atoms with Gasteiger partial charge in [-0.25, -0.2) is 4.39 Å². The van der Waals surface area contributed by atoms with Gasteiger partial charge in [-0.05, 0) is 25.0 Å². The monoisotopic (exact) mass is 350 g/mol. The lowest BCUT2D eigenvalue weighted by Gasteiger charge is -2.41. The molecule has 0 radical (unpaired) electrons. The normalized spacial score (nSPS) is 42.1. The highest BCUT2D eigenvalue weighted by atomic mass is 79.9. The van der Waals surface area contributed by atoms with E-state index >= 15 is 0 Å². The van der Waals surface area contributed by atoms with Crippen LogP contribution >= 0.6 is 15.9 Å². The summed E-state index contributed by atoms with van der Waals surface area (Å²) in [5, 5.41) is 19.0. The van der Waals surface area contributed by atoms with Crippen molar-refractivity contribution in [3.05, 3.63) is 22.2 Å². The minimum absolute atomic E-state index is 0.249. The predicted molar refractivity (Wildman–Crippen MR) is 76.1 cm³/mol. The van der Waals surface area contributed by atoms with Crippen molar-refractivity contribution in [3.8, 4) is 0 Å². The molecule has 114 valence electrons. The molecule has 4 nitrogen and oxygen atoms in total. The molecule has 2 aliphatic rings. The van der Waals surface area contributed by atoms with Crippen LogP contribution in [-0.2, 0) is 9.47 Å². The quantitative estimate of drug-likeness (QED) is 0.817. The smallest absolute Gasteiger partial charge is 0.190 e. The van der Waals surface area contributed by atoms with E-state index in [0.29, 0.717) is 6.42 Å². The lowest BCUT2D eigenvalue weighted by molar-refractivity contribution is -0.281. The van der Waals surface area contributed by atoms with Gasteiger partial charge in [-0.3, -0.25) is 0 Å². The lowest BCUT2D eigenvalue weighted by Crippen LogP contribution is -2.54. The number of halogens is 2. The van der Waals surface area contributed by atoms with E-state index in [1.165, 1.54) is 0 Å². The van der Waals surface area contributed by atoms with Crippen molar-refractivity contribution in [3.63, 3.8) is 0 Å². The molecule has 1 aliphatic carbocycles. The first-order valence-corrected chi connectivity index (χ1v) is 7.51. The maximum atomic E-state index is 14.2. The third-order valence-electron chi connectivity index (χ3n) is 3.87. The Hall–Kier alpha value is -0.270. The maximum Gasteiger partial charge on any atom is 0.190 e. The summed E-state index contributed by atoms with van der Waals surface area (Å²) in [5.41, 5.74) is 0.981. The fourth-order valence-corrected chi connectivity index (χ4v) is 3.01. The number of allylic oxidation sites excluding steroid dienone is 2. The molecule has 2 unspecified atom stereocenters. The highest BCUT2D eigenvalue weighted by Crippen LogP contribution is 2.32. The first-order valence-electron chi connectivity index (χ1n) is 6.71. The molecule has 0 spiro atoms.